The van der Waals surface area contributed by atoms with Crippen molar-refractivity contribution in [3.8, 4) is 5.75 Å². The highest BCUT2D eigenvalue weighted by Gasteiger charge is 2.37. The summed E-state index contributed by atoms with van der Waals surface area (Å²) in [6.07, 6.45) is 1.29. The van der Waals surface area contributed by atoms with E-state index in [0.29, 0.717) is 28.3 Å². The second kappa shape index (κ2) is 9.07. The quantitative estimate of drug-likeness (QED) is 0.529. The van der Waals surface area contributed by atoms with E-state index in [1.807, 2.05) is 0 Å². The maximum Gasteiger partial charge on any atom is 0.279 e. The molecule has 0 saturated heterocycles. The Kier molecular flexibility index (Phi) is 6.32. The summed E-state index contributed by atoms with van der Waals surface area (Å²) in [6.45, 7) is 0. The van der Waals surface area contributed by atoms with Crippen molar-refractivity contribution in [2.24, 2.45) is 5.10 Å². The van der Waals surface area contributed by atoms with Crippen LogP contribution in [0.1, 0.15) is 23.6 Å². The van der Waals surface area contributed by atoms with E-state index in [4.69, 9.17) is 4.74 Å². The van der Waals surface area contributed by atoms with E-state index in [1.54, 1.807) is 48.5 Å². The third-order valence-corrected chi connectivity index (χ3v) is 7.53. The van der Waals surface area contributed by atoms with Crippen LogP contribution in [0.4, 0.5) is 10.1 Å². The predicted molar refractivity (Wildman–Crippen MR) is 127 cm³/mol. The zero-order valence-electron chi connectivity index (χ0n) is 18.3. The fraction of sp³-hybridized carbons (Fsp3) is 0.174. The molecular weight excluding hydrogens is 481 g/mol. The molecule has 0 unspecified atom stereocenters. The number of nitrogens with zero attached hydrogens (tertiary/aromatic N) is 2. The highest BCUT2D eigenvalue weighted by atomic mass is 32.2. The topological polar surface area (TPSA) is 105 Å². The number of benzene rings is 3. The Balaban J connectivity index is 1.77. The van der Waals surface area contributed by atoms with Crippen LogP contribution in [0.15, 0.2) is 82.8 Å². The maximum atomic E-state index is 13.5. The lowest BCUT2D eigenvalue weighted by molar-refractivity contribution is 0.370. The van der Waals surface area contributed by atoms with Gasteiger partial charge in [-0.05, 0) is 59.7 Å². The van der Waals surface area contributed by atoms with Gasteiger partial charge < -0.3 is 4.74 Å². The van der Waals surface area contributed by atoms with Gasteiger partial charge in [-0.25, -0.2) is 12.8 Å². The van der Waals surface area contributed by atoms with Crippen molar-refractivity contribution in [2.75, 3.05) is 18.1 Å². The van der Waals surface area contributed by atoms with Gasteiger partial charge in [0.25, 0.3) is 10.0 Å². The Bertz CT molecular complexity index is 1440. The van der Waals surface area contributed by atoms with Gasteiger partial charge in [0.15, 0.2) is 0 Å². The summed E-state index contributed by atoms with van der Waals surface area (Å²) < 4.78 is 72.2. The summed E-state index contributed by atoms with van der Waals surface area (Å²) in [5.41, 5.74) is 2.06. The van der Waals surface area contributed by atoms with Gasteiger partial charge in [-0.1, -0.05) is 24.3 Å². The summed E-state index contributed by atoms with van der Waals surface area (Å²) in [5.74, 6) is 0.0711. The van der Waals surface area contributed by atoms with Gasteiger partial charge in [-0.15, -0.1) is 0 Å². The van der Waals surface area contributed by atoms with Crippen molar-refractivity contribution in [3.05, 3.63) is 89.7 Å². The summed E-state index contributed by atoms with van der Waals surface area (Å²) in [4.78, 5) is -0.0927. The summed E-state index contributed by atoms with van der Waals surface area (Å²) in [7, 11) is -6.07. The van der Waals surface area contributed by atoms with Crippen molar-refractivity contribution < 1.29 is 26.0 Å². The largest absolute Gasteiger partial charge is 0.497 e. The molecule has 0 radical (unpaired) electrons. The fourth-order valence-corrected chi connectivity index (χ4v) is 5.64. The van der Waals surface area contributed by atoms with Gasteiger partial charge >= 0.3 is 0 Å². The van der Waals surface area contributed by atoms with Crippen molar-refractivity contribution in [1.82, 2.24) is 4.41 Å². The first-order valence-electron chi connectivity index (χ1n) is 10.2. The van der Waals surface area contributed by atoms with Crippen LogP contribution in [-0.2, 0) is 20.0 Å². The number of hydrogen-bond acceptors (Lipinski definition) is 6. The molecule has 1 N–H and O–H groups in total. The SMILES string of the molecule is COc1ccc([C@@H]2CC(c3cccc(NS(C)(=O)=O)c3)=NN2S(=O)(=O)c2ccc(F)cc2)cc1. The average Bonchev–Trinajstić information content (AvgIpc) is 3.25. The number of halogens is 1. The molecule has 11 heteroatoms. The van der Waals surface area contributed by atoms with Crippen LogP contribution < -0.4 is 9.46 Å². The smallest absolute Gasteiger partial charge is 0.279 e. The molecule has 3 aromatic carbocycles. The lowest BCUT2D eigenvalue weighted by Crippen LogP contribution is -2.27. The number of sulfonamides is 2. The molecule has 0 bridgehead atoms. The van der Waals surface area contributed by atoms with Gasteiger partial charge in [0, 0.05) is 12.1 Å². The minimum atomic E-state index is -4.11. The lowest BCUT2D eigenvalue weighted by atomic mass is 9.99. The average molecular weight is 504 g/mol. The molecule has 3 aromatic rings. The lowest BCUT2D eigenvalue weighted by Gasteiger charge is -2.23. The number of anilines is 1. The molecule has 178 valence electrons. The second-order valence-corrected chi connectivity index (χ2v) is 11.3. The highest BCUT2D eigenvalue weighted by Crippen LogP contribution is 2.38. The van der Waals surface area contributed by atoms with Gasteiger partial charge in [-0.2, -0.15) is 17.9 Å². The van der Waals surface area contributed by atoms with E-state index in [0.717, 1.165) is 22.8 Å². The Hall–Kier alpha value is -3.44. The Labute approximate surface area is 197 Å². The van der Waals surface area contributed by atoms with E-state index in [9.17, 15) is 21.2 Å². The molecule has 1 aliphatic rings. The zero-order chi connectivity index (χ0) is 24.5. The molecule has 1 heterocycles. The number of hydrazone groups is 1. The third kappa shape index (κ3) is 5.05. The van der Waals surface area contributed by atoms with Crippen LogP contribution in [0.2, 0.25) is 0 Å². The first-order valence-corrected chi connectivity index (χ1v) is 13.5. The molecular formula is C23H22FN3O5S2. The van der Waals surface area contributed by atoms with Gasteiger partial charge in [0.2, 0.25) is 10.0 Å². The molecule has 1 aliphatic heterocycles. The summed E-state index contributed by atoms with van der Waals surface area (Å²) in [5, 5.41) is 4.43. The minimum absolute atomic E-state index is 0.0927. The summed E-state index contributed by atoms with van der Waals surface area (Å²) >= 11 is 0. The van der Waals surface area contributed by atoms with Crippen molar-refractivity contribution in [3.63, 3.8) is 0 Å². The van der Waals surface area contributed by atoms with Crippen LogP contribution in [0, 0.1) is 5.82 Å². The molecule has 8 nitrogen and oxygen atoms in total. The van der Waals surface area contributed by atoms with Crippen LogP contribution >= 0.6 is 0 Å². The fourth-order valence-electron chi connectivity index (χ4n) is 3.65. The third-order valence-electron chi connectivity index (χ3n) is 5.23. The van der Waals surface area contributed by atoms with Crippen molar-refractivity contribution in [2.45, 2.75) is 17.4 Å². The first-order chi connectivity index (χ1) is 16.1. The minimum Gasteiger partial charge on any atom is -0.497 e. The number of ether oxygens (including phenoxy) is 1. The Morgan fingerprint density at radius 2 is 1.68 bits per heavy atom. The standard InChI is InChI=1S/C23H22FN3O5S2/c1-32-20-10-6-16(7-11-20)23-15-22(17-4-3-5-19(14-17)26-33(2,28)29)25-27(23)34(30,31)21-12-8-18(24)9-13-21/h3-14,23,26H,15H2,1-2H3/t23-/m0/s1. The Morgan fingerprint density at radius 3 is 2.29 bits per heavy atom. The monoisotopic (exact) mass is 503 g/mol. The summed E-state index contributed by atoms with van der Waals surface area (Å²) in [6, 6.07) is 17.4. The molecule has 1 atom stereocenters. The maximum absolute atomic E-state index is 13.5. The van der Waals surface area contributed by atoms with E-state index >= 15 is 0 Å². The van der Waals surface area contributed by atoms with E-state index in [1.165, 1.54) is 19.2 Å². The molecule has 34 heavy (non-hydrogen) atoms. The van der Waals surface area contributed by atoms with E-state index < -0.39 is 31.9 Å². The normalized spacial score (nSPS) is 16.3. The van der Waals surface area contributed by atoms with Crippen LogP contribution in [0.5, 0.6) is 5.75 Å². The van der Waals surface area contributed by atoms with Crippen molar-refractivity contribution >= 4 is 31.4 Å². The van der Waals surface area contributed by atoms with Crippen LogP contribution in [0.25, 0.3) is 0 Å². The molecule has 0 fully saturated rings. The molecule has 0 amide bonds. The van der Waals surface area contributed by atoms with E-state index in [2.05, 4.69) is 9.82 Å². The Morgan fingerprint density at radius 1 is 1.00 bits per heavy atom. The van der Waals surface area contributed by atoms with Crippen LogP contribution in [0.3, 0.4) is 0 Å². The molecule has 0 aromatic heterocycles. The molecule has 0 aliphatic carbocycles. The number of hydrogen-bond donors (Lipinski definition) is 1. The van der Waals surface area contributed by atoms with Crippen LogP contribution in [-0.4, -0.2) is 40.3 Å². The van der Waals surface area contributed by atoms with Gasteiger partial charge in [-0.3, -0.25) is 4.72 Å². The molecule has 4 rings (SSSR count). The molecule has 0 saturated carbocycles. The van der Waals surface area contributed by atoms with Crippen molar-refractivity contribution in [1.29, 1.82) is 0 Å². The molecule has 0 spiro atoms. The van der Waals surface area contributed by atoms with Gasteiger partial charge in [0.1, 0.15) is 11.6 Å². The van der Waals surface area contributed by atoms with E-state index in [-0.39, 0.29) is 11.3 Å². The van der Waals surface area contributed by atoms with Gasteiger partial charge in [0.05, 0.1) is 30.0 Å². The second-order valence-electron chi connectivity index (χ2n) is 7.73. The highest BCUT2D eigenvalue weighted by molar-refractivity contribution is 7.92. The predicted octanol–water partition coefficient (Wildman–Crippen LogP) is 3.75. The number of nitrogens with one attached hydrogen (secondary N) is 1. The zero-order valence-corrected chi connectivity index (χ0v) is 20.0. The number of methoxy groups -OCH3 is 1. The number of rotatable bonds is 7. The first kappa shape index (κ1) is 23.7.